The highest BCUT2D eigenvalue weighted by atomic mass is 16.3. The lowest BCUT2D eigenvalue weighted by Crippen LogP contribution is -2.40. The van der Waals surface area contributed by atoms with E-state index < -0.39 is 5.60 Å². The number of hydrogen-bond donors (Lipinski definition) is 2. The first kappa shape index (κ1) is 13.4. The zero-order valence-corrected chi connectivity index (χ0v) is 11.7. The Morgan fingerprint density at radius 3 is 2.59 bits per heavy atom. The van der Waals surface area contributed by atoms with E-state index >= 15 is 0 Å². The summed E-state index contributed by atoms with van der Waals surface area (Å²) in [5, 5.41) is 13.5. The van der Waals surface area contributed by atoms with Gasteiger partial charge in [-0.3, -0.25) is 0 Å². The van der Waals surface area contributed by atoms with Crippen LogP contribution < -0.4 is 5.32 Å². The fourth-order valence-electron chi connectivity index (χ4n) is 3.74. The molecule has 0 unspecified atom stereocenters. The molecule has 2 nitrogen and oxygen atoms in total. The Morgan fingerprint density at radius 2 is 2.06 bits per heavy atom. The Labute approximate surface area is 106 Å². The Balaban J connectivity index is 1.63. The van der Waals surface area contributed by atoms with Gasteiger partial charge in [-0.1, -0.05) is 6.42 Å². The van der Waals surface area contributed by atoms with Gasteiger partial charge in [-0.2, -0.15) is 0 Å². The van der Waals surface area contributed by atoms with Gasteiger partial charge in [-0.25, -0.2) is 0 Å². The molecular formula is C15H29NO. The van der Waals surface area contributed by atoms with Gasteiger partial charge in [0.25, 0.3) is 0 Å². The number of nitrogens with one attached hydrogen (secondary N) is 1. The highest BCUT2D eigenvalue weighted by Gasteiger charge is 2.39. The average molecular weight is 239 g/mol. The van der Waals surface area contributed by atoms with Gasteiger partial charge in [0.05, 0.1) is 5.60 Å². The zero-order valence-electron chi connectivity index (χ0n) is 11.7. The molecule has 2 aliphatic rings. The molecule has 0 spiro atoms. The number of hydrogen-bond acceptors (Lipinski definition) is 2. The van der Waals surface area contributed by atoms with Crippen molar-refractivity contribution in [2.24, 2.45) is 11.8 Å². The maximum absolute atomic E-state index is 9.68. The fraction of sp³-hybridized carbons (Fsp3) is 1.00. The summed E-state index contributed by atoms with van der Waals surface area (Å²) in [5.41, 5.74) is -0.494. The van der Waals surface area contributed by atoms with Gasteiger partial charge in [0.1, 0.15) is 0 Å². The van der Waals surface area contributed by atoms with Crippen LogP contribution in [0.3, 0.4) is 0 Å². The maximum Gasteiger partial charge on any atom is 0.0591 e. The summed E-state index contributed by atoms with van der Waals surface area (Å²) in [6, 6.07) is 1.41. The third-order valence-corrected chi connectivity index (χ3v) is 4.66. The Kier molecular flexibility index (Phi) is 4.14. The van der Waals surface area contributed by atoms with Crippen molar-refractivity contribution in [1.29, 1.82) is 0 Å². The molecule has 2 N–H and O–H groups in total. The molecule has 2 bridgehead atoms. The molecule has 2 saturated carbocycles. The minimum atomic E-state index is -0.494. The minimum absolute atomic E-state index is 0.494. The van der Waals surface area contributed by atoms with E-state index in [0.717, 1.165) is 30.7 Å². The summed E-state index contributed by atoms with van der Waals surface area (Å²) in [5.74, 6) is 2.00. The van der Waals surface area contributed by atoms with Crippen molar-refractivity contribution < 1.29 is 5.11 Å². The lowest BCUT2D eigenvalue weighted by Gasteiger charge is -2.27. The van der Waals surface area contributed by atoms with Crippen LogP contribution in [0.5, 0.6) is 0 Å². The van der Waals surface area contributed by atoms with E-state index in [1.54, 1.807) is 0 Å². The molecule has 0 saturated heterocycles. The molecule has 2 rings (SSSR count). The SMILES string of the molecule is C[C@@H](CCCC(C)(C)O)N[C@H]1C[C@@H]2CC[C@@H]1C2. The second kappa shape index (κ2) is 5.27. The van der Waals surface area contributed by atoms with Crippen LogP contribution in [0.15, 0.2) is 0 Å². The smallest absolute Gasteiger partial charge is 0.0591 e. The molecule has 0 aromatic heterocycles. The van der Waals surface area contributed by atoms with E-state index in [0.29, 0.717) is 6.04 Å². The monoisotopic (exact) mass is 239 g/mol. The molecule has 0 amide bonds. The van der Waals surface area contributed by atoms with Crippen LogP contribution in [0.25, 0.3) is 0 Å². The summed E-state index contributed by atoms with van der Waals surface area (Å²) in [7, 11) is 0. The maximum atomic E-state index is 9.68. The van der Waals surface area contributed by atoms with Gasteiger partial charge in [0, 0.05) is 12.1 Å². The summed E-state index contributed by atoms with van der Waals surface area (Å²) in [4.78, 5) is 0. The first-order valence-electron chi connectivity index (χ1n) is 7.42. The van der Waals surface area contributed by atoms with E-state index in [2.05, 4.69) is 12.2 Å². The fourth-order valence-corrected chi connectivity index (χ4v) is 3.74. The van der Waals surface area contributed by atoms with Crippen LogP contribution in [-0.4, -0.2) is 22.8 Å². The molecule has 0 heterocycles. The summed E-state index contributed by atoms with van der Waals surface area (Å²) >= 11 is 0. The Hall–Kier alpha value is -0.0800. The number of rotatable bonds is 6. The van der Waals surface area contributed by atoms with Crippen LogP contribution >= 0.6 is 0 Å². The van der Waals surface area contributed by atoms with Crippen molar-refractivity contribution in [1.82, 2.24) is 5.32 Å². The van der Waals surface area contributed by atoms with Crippen LogP contribution in [0.1, 0.15) is 65.7 Å². The minimum Gasteiger partial charge on any atom is -0.390 e. The summed E-state index contributed by atoms with van der Waals surface area (Å²) in [6.45, 7) is 6.11. The predicted molar refractivity (Wildman–Crippen MR) is 72.0 cm³/mol. The van der Waals surface area contributed by atoms with Crippen LogP contribution in [0.4, 0.5) is 0 Å². The highest BCUT2D eigenvalue weighted by Crippen LogP contribution is 2.44. The lowest BCUT2D eigenvalue weighted by atomic mass is 9.94. The molecule has 0 radical (unpaired) electrons. The zero-order chi connectivity index (χ0) is 12.5. The van der Waals surface area contributed by atoms with Crippen LogP contribution in [0.2, 0.25) is 0 Å². The molecule has 4 atom stereocenters. The largest absolute Gasteiger partial charge is 0.390 e. The topological polar surface area (TPSA) is 32.3 Å². The van der Waals surface area contributed by atoms with Crippen LogP contribution in [0, 0.1) is 11.8 Å². The van der Waals surface area contributed by atoms with Gasteiger partial charge in [-0.05, 0) is 71.1 Å². The molecule has 0 aromatic rings. The number of fused-ring (bicyclic) bond motifs is 2. The highest BCUT2D eigenvalue weighted by molar-refractivity contribution is 4.94. The predicted octanol–water partition coefficient (Wildman–Crippen LogP) is 3.09. The van der Waals surface area contributed by atoms with Crippen molar-refractivity contribution in [2.45, 2.75) is 83.4 Å². The molecule has 2 aliphatic carbocycles. The van der Waals surface area contributed by atoms with Gasteiger partial charge in [0.2, 0.25) is 0 Å². The summed E-state index contributed by atoms with van der Waals surface area (Å²) < 4.78 is 0. The normalized spacial score (nSPS) is 34.2. The average Bonchev–Trinajstić information content (AvgIpc) is 2.76. The molecule has 2 heteroatoms. The molecule has 17 heavy (non-hydrogen) atoms. The first-order chi connectivity index (χ1) is 7.94. The van der Waals surface area contributed by atoms with Crippen molar-refractivity contribution in [3.63, 3.8) is 0 Å². The molecular weight excluding hydrogens is 210 g/mol. The van der Waals surface area contributed by atoms with E-state index in [9.17, 15) is 5.11 Å². The van der Waals surface area contributed by atoms with Crippen molar-refractivity contribution in [3.05, 3.63) is 0 Å². The summed E-state index contributed by atoms with van der Waals surface area (Å²) in [6.07, 6.45) is 9.06. The van der Waals surface area contributed by atoms with Gasteiger partial charge >= 0.3 is 0 Å². The van der Waals surface area contributed by atoms with E-state index in [1.165, 1.54) is 32.1 Å². The van der Waals surface area contributed by atoms with Crippen LogP contribution in [-0.2, 0) is 0 Å². The van der Waals surface area contributed by atoms with Crippen molar-refractivity contribution in [2.75, 3.05) is 0 Å². The third kappa shape index (κ3) is 3.96. The van der Waals surface area contributed by atoms with Gasteiger partial charge in [-0.15, -0.1) is 0 Å². The third-order valence-electron chi connectivity index (χ3n) is 4.66. The lowest BCUT2D eigenvalue weighted by molar-refractivity contribution is 0.0673. The molecule has 2 fully saturated rings. The number of aliphatic hydroxyl groups is 1. The van der Waals surface area contributed by atoms with Crippen molar-refractivity contribution in [3.8, 4) is 0 Å². The van der Waals surface area contributed by atoms with Gasteiger partial charge < -0.3 is 10.4 Å². The quantitative estimate of drug-likeness (QED) is 0.746. The standard InChI is InChI=1S/C15H29NO/c1-11(5-4-8-15(2,3)17)16-14-10-12-6-7-13(14)9-12/h11-14,16-17H,4-10H2,1-3H3/t11-,12+,13+,14-/m0/s1. The van der Waals surface area contributed by atoms with Gasteiger partial charge in [0.15, 0.2) is 0 Å². The Morgan fingerprint density at radius 1 is 1.29 bits per heavy atom. The molecule has 100 valence electrons. The second-order valence-corrected chi connectivity index (χ2v) is 7.05. The van der Waals surface area contributed by atoms with E-state index in [1.807, 2.05) is 13.8 Å². The molecule has 0 aromatic carbocycles. The van der Waals surface area contributed by atoms with E-state index in [-0.39, 0.29) is 0 Å². The van der Waals surface area contributed by atoms with Crippen molar-refractivity contribution >= 4 is 0 Å². The second-order valence-electron chi connectivity index (χ2n) is 7.05. The molecule has 0 aliphatic heterocycles. The Bertz CT molecular complexity index is 246. The van der Waals surface area contributed by atoms with E-state index in [4.69, 9.17) is 0 Å². The first-order valence-corrected chi connectivity index (χ1v) is 7.42.